The molecule has 0 radical (unpaired) electrons. The van der Waals surface area contributed by atoms with Crippen LogP contribution in [0.2, 0.25) is 0 Å². The van der Waals surface area contributed by atoms with Crippen LogP contribution < -0.4 is 10.6 Å². The summed E-state index contributed by atoms with van der Waals surface area (Å²) in [5.74, 6) is -0.378. The Morgan fingerprint density at radius 1 is 1.11 bits per heavy atom. The van der Waals surface area contributed by atoms with E-state index < -0.39 is 0 Å². The average Bonchev–Trinajstić information content (AvgIpc) is 3.37. The van der Waals surface area contributed by atoms with Crippen LogP contribution in [0.4, 0.5) is 5.69 Å². The highest BCUT2D eigenvalue weighted by Crippen LogP contribution is 2.22. The molecule has 0 aliphatic heterocycles. The zero-order valence-corrected chi connectivity index (χ0v) is 16.2. The van der Waals surface area contributed by atoms with Crippen molar-refractivity contribution < 1.29 is 9.59 Å². The van der Waals surface area contributed by atoms with Crippen LogP contribution in [0.3, 0.4) is 0 Å². The molecule has 144 valence electrons. The standard InChI is InChI=1S/C21H23N5O2/c1-12(2)26-19-15(11-23-26)8-16(10-22-19)21(28)25-18-9-14(5-4-13(18)3)20(27)24-17-6-7-17/h4-5,8-12,17H,6-7H2,1-3H3,(H,24,27)(H,25,28). The highest BCUT2D eigenvalue weighted by molar-refractivity contribution is 6.06. The third-order valence-electron chi connectivity index (χ3n) is 4.85. The number of nitrogens with zero attached hydrogens (tertiary/aromatic N) is 3. The number of anilines is 1. The topological polar surface area (TPSA) is 88.9 Å². The lowest BCUT2D eigenvalue weighted by molar-refractivity contribution is 0.0949. The van der Waals surface area contributed by atoms with E-state index in [2.05, 4.69) is 20.7 Å². The fourth-order valence-corrected chi connectivity index (χ4v) is 3.03. The number of benzene rings is 1. The Morgan fingerprint density at radius 2 is 1.89 bits per heavy atom. The van der Waals surface area contributed by atoms with Gasteiger partial charge < -0.3 is 10.6 Å². The van der Waals surface area contributed by atoms with Gasteiger partial charge in [-0.1, -0.05) is 6.07 Å². The first-order chi connectivity index (χ1) is 13.4. The van der Waals surface area contributed by atoms with E-state index in [0.717, 1.165) is 29.4 Å². The van der Waals surface area contributed by atoms with Crippen LogP contribution in [0.15, 0.2) is 36.7 Å². The summed E-state index contributed by atoms with van der Waals surface area (Å²) in [4.78, 5) is 29.4. The Balaban J connectivity index is 1.56. The molecule has 7 heteroatoms. The molecule has 1 fully saturated rings. The summed E-state index contributed by atoms with van der Waals surface area (Å²) >= 11 is 0. The molecule has 2 N–H and O–H groups in total. The van der Waals surface area contributed by atoms with Crippen molar-refractivity contribution in [2.75, 3.05) is 5.32 Å². The Hall–Kier alpha value is -3.22. The lowest BCUT2D eigenvalue weighted by Gasteiger charge is -2.11. The van der Waals surface area contributed by atoms with Gasteiger partial charge >= 0.3 is 0 Å². The first-order valence-corrected chi connectivity index (χ1v) is 9.48. The number of rotatable bonds is 5. The van der Waals surface area contributed by atoms with Crippen molar-refractivity contribution >= 4 is 28.5 Å². The molecule has 0 bridgehead atoms. The number of amides is 2. The fourth-order valence-electron chi connectivity index (χ4n) is 3.03. The maximum atomic E-state index is 12.7. The van der Waals surface area contributed by atoms with Gasteiger partial charge in [-0.15, -0.1) is 0 Å². The van der Waals surface area contributed by atoms with Gasteiger partial charge in [0, 0.05) is 34.9 Å². The second-order valence-corrected chi connectivity index (χ2v) is 7.55. The maximum absolute atomic E-state index is 12.7. The molecule has 0 atom stereocenters. The molecule has 0 spiro atoms. The molecule has 1 aliphatic carbocycles. The zero-order chi connectivity index (χ0) is 19.8. The van der Waals surface area contributed by atoms with Crippen LogP contribution in [-0.4, -0.2) is 32.6 Å². The van der Waals surface area contributed by atoms with Crippen LogP contribution >= 0.6 is 0 Å². The molecular formula is C21H23N5O2. The van der Waals surface area contributed by atoms with E-state index in [1.165, 1.54) is 0 Å². The van der Waals surface area contributed by atoms with Crippen LogP contribution in [-0.2, 0) is 0 Å². The molecule has 0 saturated heterocycles. The molecule has 0 unspecified atom stereocenters. The lowest BCUT2D eigenvalue weighted by Crippen LogP contribution is -2.25. The number of pyridine rings is 1. The van der Waals surface area contributed by atoms with Crippen molar-refractivity contribution in [2.24, 2.45) is 0 Å². The van der Waals surface area contributed by atoms with Gasteiger partial charge in [0.25, 0.3) is 11.8 Å². The fraction of sp³-hybridized carbons (Fsp3) is 0.333. The van der Waals surface area contributed by atoms with E-state index in [-0.39, 0.29) is 23.9 Å². The molecule has 28 heavy (non-hydrogen) atoms. The molecule has 2 amide bonds. The molecule has 1 aromatic carbocycles. The van der Waals surface area contributed by atoms with Crippen molar-refractivity contribution in [2.45, 2.75) is 45.7 Å². The smallest absolute Gasteiger partial charge is 0.257 e. The van der Waals surface area contributed by atoms with Crippen LogP contribution in [0.5, 0.6) is 0 Å². The number of carbonyl (C=O) groups excluding carboxylic acids is 2. The van der Waals surface area contributed by atoms with Gasteiger partial charge in [-0.3, -0.25) is 9.59 Å². The SMILES string of the molecule is Cc1ccc(C(=O)NC2CC2)cc1NC(=O)c1cnc2c(cnn2C(C)C)c1. The summed E-state index contributed by atoms with van der Waals surface area (Å²) in [6.07, 6.45) is 5.33. The molecule has 7 nitrogen and oxygen atoms in total. The Bertz CT molecular complexity index is 1070. The van der Waals surface area contributed by atoms with Gasteiger partial charge in [0.15, 0.2) is 5.65 Å². The molecular weight excluding hydrogens is 354 g/mol. The van der Waals surface area contributed by atoms with E-state index in [4.69, 9.17) is 0 Å². The maximum Gasteiger partial charge on any atom is 0.257 e. The zero-order valence-electron chi connectivity index (χ0n) is 16.2. The highest BCUT2D eigenvalue weighted by atomic mass is 16.2. The number of fused-ring (bicyclic) bond motifs is 1. The van der Waals surface area contributed by atoms with Crippen LogP contribution in [0.25, 0.3) is 11.0 Å². The minimum absolute atomic E-state index is 0.109. The summed E-state index contributed by atoms with van der Waals surface area (Å²) < 4.78 is 1.82. The minimum Gasteiger partial charge on any atom is -0.349 e. The van der Waals surface area contributed by atoms with E-state index in [1.807, 2.05) is 31.5 Å². The van der Waals surface area contributed by atoms with Crippen LogP contribution in [0, 0.1) is 6.92 Å². The van der Waals surface area contributed by atoms with Crippen molar-refractivity contribution in [1.29, 1.82) is 0 Å². The van der Waals surface area contributed by atoms with Crippen molar-refractivity contribution in [3.63, 3.8) is 0 Å². The van der Waals surface area contributed by atoms with Gasteiger partial charge in [0.05, 0.1) is 11.8 Å². The minimum atomic E-state index is -0.269. The summed E-state index contributed by atoms with van der Waals surface area (Å²) in [6.45, 7) is 5.96. The summed E-state index contributed by atoms with van der Waals surface area (Å²) in [5, 5.41) is 11.0. The molecule has 2 aromatic heterocycles. The molecule has 1 saturated carbocycles. The average molecular weight is 377 g/mol. The predicted molar refractivity (Wildman–Crippen MR) is 108 cm³/mol. The molecule has 4 rings (SSSR count). The highest BCUT2D eigenvalue weighted by Gasteiger charge is 2.24. The first-order valence-electron chi connectivity index (χ1n) is 9.48. The largest absolute Gasteiger partial charge is 0.349 e. The second kappa shape index (κ2) is 7.07. The third kappa shape index (κ3) is 3.60. The Kier molecular flexibility index (Phi) is 4.58. The number of aromatic nitrogens is 3. The monoisotopic (exact) mass is 377 g/mol. The summed E-state index contributed by atoms with van der Waals surface area (Å²) in [7, 11) is 0. The van der Waals surface area contributed by atoms with E-state index in [9.17, 15) is 9.59 Å². The number of hydrogen-bond donors (Lipinski definition) is 2. The van der Waals surface area contributed by atoms with E-state index in [1.54, 1.807) is 30.6 Å². The molecule has 3 aromatic rings. The quantitative estimate of drug-likeness (QED) is 0.713. The number of nitrogens with one attached hydrogen (secondary N) is 2. The molecule has 2 heterocycles. The van der Waals surface area contributed by atoms with Crippen molar-refractivity contribution in [1.82, 2.24) is 20.1 Å². The third-order valence-corrected chi connectivity index (χ3v) is 4.85. The summed E-state index contributed by atoms with van der Waals surface area (Å²) in [5.41, 5.74) is 3.24. The number of aryl methyl sites for hydroxylation is 1. The van der Waals surface area contributed by atoms with Gasteiger partial charge in [-0.05, 0) is 57.4 Å². The van der Waals surface area contributed by atoms with E-state index >= 15 is 0 Å². The van der Waals surface area contributed by atoms with Crippen molar-refractivity contribution in [3.05, 3.63) is 53.3 Å². The lowest BCUT2D eigenvalue weighted by atomic mass is 10.1. The first kappa shape index (κ1) is 18.2. The molecule has 1 aliphatic rings. The van der Waals surface area contributed by atoms with E-state index in [0.29, 0.717) is 16.8 Å². The Morgan fingerprint density at radius 3 is 2.61 bits per heavy atom. The number of hydrogen-bond acceptors (Lipinski definition) is 4. The predicted octanol–water partition coefficient (Wildman–Crippen LogP) is 3.47. The van der Waals surface area contributed by atoms with Gasteiger partial charge in [0.2, 0.25) is 0 Å². The normalized spacial score (nSPS) is 13.7. The second-order valence-electron chi connectivity index (χ2n) is 7.55. The van der Waals surface area contributed by atoms with Gasteiger partial charge in [-0.25, -0.2) is 9.67 Å². The summed E-state index contributed by atoms with van der Waals surface area (Å²) in [6, 6.07) is 7.59. The van der Waals surface area contributed by atoms with Crippen molar-refractivity contribution in [3.8, 4) is 0 Å². The number of carbonyl (C=O) groups is 2. The van der Waals surface area contributed by atoms with Crippen LogP contribution in [0.1, 0.15) is 59.0 Å². The van der Waals surface area contributed by atoms with Gasteiger partial charge in [0.1, 0.15) is 0 Å². The van der Waals surface area contributed by atoms with Gasteiger partial charge in [-0.2, -0.15) is 5.10 Å². The Labute approximate surface area is 163 Å².